The lowest BCUT2D eigenvalue weighted by atomic mass is 10.2. The van der Waals surface area contributed by atoms with Gasteiger partial charge in [-0.2, -0.15) is 0 Å². The number of aryl methyl sites for hydroxylation is 1. The molecule has 1 atom stereocenters. The number of halogens is 1. The van der Waals surface area contributed by atoms with Crippen LogP contribution in [-0.4, -0.2) is 19.1 Å². The van der Waals surface area contributed by atoms with Crippen molar-refractivity contribution in [1.29, 1.82) is 0 Å². The molecule has 23 heavy (non-hydrogen) atoms. The van der Waals surface area contributed by atoms with Gasteiger partial charge in [-0.15, -0.1) is 0 Å². The van der Waals surface area contributed by atoms with E-state index in [-0.39, 0.29) is 5.91 Å². The summed E-state index contributed by atoms with van der Waals surface area (Å²) in [5.41, 5.74) is 1.66. The maximum absolute atomic E-state index is 12.5. The van der Waals surface area contributed by atoms with Crippen LogP contribution in [0.1, 0.15) is 18.9 Å². The van der Waals surface area contributed by atoms with Crippen molar-refractivity contribution in [3.8, 4) is 11.5 Å². The van der Waals surface area contributed by atoms with Gasteiger partial charge in [-0.3, -0.25) is 4.79 Å². The molecule has 2 aromatic carbocycles. The molecule has 0 aliphatic heterocycles. The first-order valence-electron chi connectivity index (χ1n) is 7.41. The van der Waals surface area contributed by atoms with Gasteiger partial charge in [0.05, 0.1) is 12.8 Å². The number of hydrogen-bond donors (Lipinski definition) is 1. The topological polar surface area (TPSA) is 47.6 Å². The van der Waals surface area contributed by atoms with Crippen LogP contribution in [0, 0.1) is 6.92 Å². The molecule has 1 N–H and O–H groups in total. The van der Waals surface area contributed by atoms with Crippen LogP contribution in [0.25, 0.3) is 0 Å². The lowest BCUT2D eigenvalue weighted by Gasteiger charge is -2.18. The van der Waals surface area contributed by atoms with Crippen LogP contribution in [0.5, 0.6) is 11.5 Å². The molecule has 0 aliphatic carbocycles. The molecule has 0 saturated carbocycles. The Hall–Kier alpha value is -2.20. The van der Waals surface area contributed by atoms with Gasteiger partial charge in [0.25, 0.3) is 5.91 Å². The zero-order valence-electron chi connectivity index (χ0n) is 13.4. The Bertz CT molecular complexity index is 688. The van der Waals surface area contributed by atoms with E-state index < -0.39 is 6.10 Å². The largest absolute Gasteiger partial charge is 0.495 e. The first-order chi connectivity index (χ1) is 11.0. The van der Waals surface area contributed by atoms with Crippen molar-refractivity contribution in [2.45, 2.75) is 26.4 Å². The molecular weight excluding hydrogens is 314 g/mol. The van der Waals surface area contributed by atoms with Gasteiger partial charge in [-0.25, -0.2) is 0 Å². The van der Waals surface area contributed by atoms with E-state index in [9.17, 15) is 4.79 Å². The van der Waals surface area contributed by atoms with Gasteiger partial charge < -0.3 is 14.8 Å². The van der Waals surface area contributed by atoms with Gasteiger partial charge in [0.1, 0.15) is 11.5 Å². The summed E-state index contributed by atoms with van der Waals surface area (Å²) in [6.45, 7) is 3.84. The summed E-state index contributed by atoms with van der Waals surface area (Å²) in [4.78, 5) is 12.5. The predicted molar refractivity (Wildman–Crippen MR) is 92.5 cm³/mol. The SMILES string of the molecule is CC[C@H](Oc1cccc(Cl)c1)C(=O)Nc1cc(C)ccc1OC. The van der Waals surface area contributed by atoms with Crippen LogP contribution in [0.15, 0.2) is 42.5 Å². The molecule has 0 saturated heterocycles. The monoisotopic (exact) mass is 333 g/mol. The molecule has 0 bridgehead atoms. The average molecular weight is 334 g/mol. The maximum Gasteiger partial charge on any atom is 0.265 e. The molecule has 2 aromatic rings. The summed E-state index contributed by atoms with van der Waals surface area (Å²) in [5, 5.41) is 3.43. The number of benzene rings is 2. The average Bonchev–Trinajstić information content (AvgIpc) is 2.53. The molecule has 0 aromatic heterocycles. The second kappa shape index (κ2) is 7.88. The Kier molecular flexibility index (Phi) is 5.88. The maximum atomic E-state index is 12.5. The van der Waals surface area contributed by atoms with E-state index in [4.69, 9.17) is 21.1 Å². The number of methoxy groups -OCH3 is 1. The zero-order chi connectivity index (χ0) is 16.8. The van der Waals surface area contributed by atoms with Crippen LogP contribution >= 0.6 is 11.6 Å². The Labute approximate surface area is 141 Å². The predicted octanol–water partition coefficient (Wildman–Crippen LogP) is 4.45. The first-order valence-corrected chi connectivity index (χ1v) is 7.79. The highest BCUT2D eigenvalue weighted by molar-refractivity contribution is 6.30. The molecule has 4 nitrogen and oxygen atoms in total. The van der Waals surface area contributed by atoms with E-state index >= 15 is 0 Å². The number of nitrogens with one attached hydrogen (secondary N) is 1. The molecule has 0 aliphatic rings. The normalized spacial score (nSPS) is 11.7. The molecular formula is C18H20ClNO3. The van der Waals surface area contributed by atoms with Gasteiger partial charge in [-0.05, 0) is 49.2 Å². The Morgan fingerprint density at radius 2 is 2.04 bits per heavy atom. The Balaban J connectivity index is 2.13. The molecule has 122 valence electrons. The standard InChI is InChI=1S/C18H20ClNO3/c1-4-16(23-14-7-5-6-13(19)11-14)18(21)20-15-10-12(2)8-9-17(15)22-3/h5-11,16H,4H2,1-3H3,(H,20,21)/t16-/m0/s1. The Morgan fingerprint density at radius 3 is 2.70 bits per heavy atom. The molecule has 0 heterocycles. The summed E-state index contributed by atoms with van der Waals surface area (Å²) in [6.07, 6.45) is -0.0781. The van der Waals surface area contributed by atoms with E-state index in [0.29, 0.717) is 28.6 Å². The van der Waals surface area contributed by atoms with Gasteiger partial charge in [0, 0.05) is 5.02 Å². The quantitative estimate of drug-likeness (QED) is 0.849. The fourth-order valence-corrected chi connectivity index (χ4v) is 2.34. The Morgan fingerprint density at radius 1 is 1.26 bits per heavy atom. The fourth-order valence-electron chi connectivity index (χ4n) is 2.16. The first kappa shape index (κ1) is 17.2. The summed E-state index contributed by atoms with van der Waals surface area (Å²) in [6, 6.07) is 12.6. The summed E-state index contributed by atoms with van der Waals surface area (Å²) in [5.74, 6) is 0.952. The van der Waals surface area contributed by atoms with Crippen LogP contribution in [0.2, 0.25) is 5.02 Å². The number of hydrogen-bond acceptors (Lipinski definition) is 3. The van der Waals surface area contributed by atoms with E-state index in [0.717, 1.165) is 5.56 Å². The second-order valence-corrected chi connectivity index (χ2v) is 5.60. The highest BCUT2D eigenvalue weighted by Gasteiger charge is 2.20. The lowest BCUT2D eigenvalue weighted by molar-refractivity contribution is -0.122. The van der Waals surface area contributed by atoms with Gasteiger partial charge >= 0.3 is 0 Å². The lowest BCUT2D eigenvalue weighted by Crippen LogP contribution is -2.32. The number of anilines is 1. The van der Waals surface area contributed by atoms with Gasteiger partial charge in [-0.1, -0.05) is 30.7 Å². The third-order valence-electron chi connectivity index (χ3n) is 3.35. The molecule has 0 fully saturated rings. The van der Waals surface area contributed by atoms with E-state index in [1.807, 2.05) is 32.0 Å². The minimum Gasteiger partial charge on any atom is -0.495 e. The molecule has 0 spiro atoms. The summed E-state index contributed by atoms with van der Waals surface area (Å²) < 4.78 is 11.0. The van der Waals surface area contributed by atoms with Crippen molar-refractivity contribution in [3.05, 3.63) is 53.1 Å². The van der Waals surface area contributed by atoms with Crippen molar-refractivity contribution in [2.24, 2.45) is 0 Å². The highest BCUT2D eigenvalue weighted by atomic mass is 35.5. The van der Waals surface area contributed by atoms with Crippen molar-refractivity contribution < 1.29 is 14.3 Å². The molecule has 2 rings (SSSR count). The van der Waals surface area contributed by atoms with Crippen LogP contribution in [0.4, 0.5) is 5.69 Å². The molecule has 0 radical (unpaired) electrons. The molecule has 0 unspecified atom stereocenters. The number of rotatable bonds is 6. The van der Waals surface area contributed by atoms with Crippen LogP contribution in [-0.2, 0) is 4.79 Å². The number of carbonyl (C=O) groups excluding carboxylic acids is 1. The van der Waals surface area contributed by atoms with Gasteiger partial charge in [0.2, 0.25) is 0 Å². The fraction of sp³-hybridized carbons (Fsp3) is 0.278. The number of ether oxygens (including phenoxy) is 2. The number of amides is 1. The third kappa shape index (κ3) is 4.63. The van der Waals surface area contributed by atoms with Crippen molar-refractivity contribution in [1.82, 2.24) is 0 Å². The van der Waals surface area contributed by atoms with Crippen LogP contribution < -0.4 is 14.8 Å². The van der Waals surface area contributed by atoms with Crippen molar-refractivity contribution in [2.75, 3.05) is 12.4 Å². The molecule has 1 amide bonds. The summed E-state index contributed by atoms with van der Waals surface area (Å²) in [7, 11) is 1.57. The van der Waals surface area contributed by atoms with Crippen LogP contribution in [0.3, 0.4) is 0 Å². The highest BCUT2D eigenvalue weighted by Crippen LogP contribution is 2.26. The number of carbonyl (C=O) groups is 1. The van der Waals surface area contributed by atoms with E-state index in [1.165, 1.54) is 0 Å². The second-order valence-electron chi connectivity index (χ2n) is 5.17. The minimum absolute atomic E-state index is 0.226. The van der Waals surface area contributed by atoms with Gasteiger partial charge in [0.15, 0.2) is 6.10 Å². The summed E-state index contributed by atoms with van der Waals surface area (Å²) >= 11 is 5.94. The minimum atomic E-state index is -0.612. The van der Waals surface area contributed by atoms with E-state index in [2.05, 4.69) is 5.32 Å². The zero-order valence-corrected chi connectivity index (χ0v) is 14.2. The van der Waals surface area contributed by atoms with Crippen molar-refractivity contribution >= 4 is 23.2 Å². The molecule has 5 heteroatoms. The third-order valence-corrected chi connectivity index (χ3v) is 3.59. The van der Waals surface area contributed by atoms with Crippen molar-refractivity contribution in [3.63, 3.8) is 0 Å². The smallest absolute Gasteiger partial charge is 0.265 e. The van der Waals surface area contributed by atoms with E-state index in [1.54, 1.807) is 31.4 Å².